The molecule has 0 aliphatic carbocycles. The minimum absolute atomic E-state index is 0.0457. The fourth-order valence-electron chi connectivity index (χ4n) is 1.97. The van der Waals surface area contributed by atoms with Gasteiger partial charge >= 0.3 is 6.18 Å². The highest BCUT2D eigenvalue weighted by Crippen LogP contribution is 2.24. The van der Waals surface area contributed by atoms with Gasteiger partial charge in [0, 0.05) is 30.1 Å². The topological polar surface area (TPSA) is 28.7 Å². The number of benzene rings is 1. The molecule has 0 radical (unpaired) electrons. The first-order chi connectivity index (χ1) is 8.51. The Hall–Kier alpha value is -1.96. The largest absolute Gasteiger partial charge is 0.389 e. The van der Waals surface area contributed by atoms with Crippen LogP contribution in [0.2, 0.25) is 0 Å². The molecule has 2 aromatic rings. The predicted octanol–water partition coefficient (Wildman–Crippen LogP) is 3.86. The van der Waals surface area contributed by atoms with E-state index in [0.717, 1.165) is 10.9 Å². The van der Waals surface area contributed by atoms with Crippen LogP contribution in [-0.4, -0.2) is 10.7 Å². The quantitative estimate of drug-likeness (QED) is 0.815. The van der Waals surface area contributed by atoms with Gasteiger partial charge in [-0.1, -0.05) is 6.07 Å². The smallest absolute Gasteiger partial charge is 0.347 e. The molecular weight excluding hydrogens is 241 g/mol. The van der Waals surface area contributed by atoms with Crippen LogP contribution in [0.3, 0.4) is 0 Å². The number of aromatic nitrogens is 1. The van der Waals surface area contributed by atoms with Gasteiger partial charge in [0.05, 0.1) is 11.6 Å². The van der Waals surface area contributed by atoms with E-state index in [-0.39, 0.29) is 6.42 Å². The summed E-state index contributed by atoms with van der Waals surface area (Å²) in [5.74, 6) is 0. The number of hydrogen-bond acceptors (Lipinski definition) is 1. The maximum atomic E-state index is 12.1. The fourth-order valence-corrected chi connectivity index (χ4v) is 1.97. The first kappa shape index (κ1) is 12.5. The van der Waals surface area contributed by atoms with Crippen LogP contribution in [0.25, 0.3) is 10.9 Å². The normalized spacial score (nSPS) is 11.7. The molecule has 2 nitrogen and oxygen atoms in total. The number of aryl methyl sites for hydroxylation is 1. The van der Waals surface area contributed by atoms with Crippen LogP contribution in [-0.2, 0) is 6.54 Å². The summed E-state index contributed by atoms with van der Waals surface area (Å²) in [4.78, 5) is 0. The summed E-state index contributed by atoms with van der Waals surface area (Å²) < 4.78 is 37.9. The van der Waals surface area contributed by atoms with Crippen molar-refractivity contribution in [2.45, 2.75) is 25.6 Å². The van der Waals surface area contributed by atoms with Crippen molar-refractivity contribution in [3.63, 3.8) is 0 Å². The highest BCUT2D eigenvalue weighted by Gasteiger charge is 2.26. The Balaban J connectivity index is 2.18. The predicted molar refractivity (Wildman–Crippen MR) is 61.9 cm³/mol. The third-order valence-corrected chi connectivity index (χ3v) is 2.79. The molecule has 0 saturated carbocycles. The summed E-state index contributed by atoms with van der Waals surface area (Å²) in [7, 11) is 0. The van der Waals surface area contributed by atoms with E-state index < -0.39 is 12.6 Å². The lowest BCUT2D eigenvalue weighted by molar-refractivity contribution is -0.135. The van der Waals surface area contributed by atoms with Crippen molar-refractivity contribution in [3.8, 4) is 6.07 Å². The number of hydrogen-bond donors (Lipinski definition) is 0. The average molecular weight is 252 g/mol. The third kappa shape index (κ3) is 2.65. The number of alkyl halides is 3. The lowest BCUT2D eigenvalue weighted by Crippen LogP contribution is -2.08. The van der Waals surface area contributed by atoms with E-state index >= 15 is 0 Å². The van der Waals surface area contributed by atoms with Gasteiger partial charge in [0.25, 0.3) is 0 Å². The number of halogens is 3. The third-order valence-electron chi connectivity index (χ3n) is 2.79. The second-order valence-corrected chi connectivity index (χ2v) is 4.08. The maximum absolute atomic E-state index is 12.1. The summed E-state index contributed by atoms with van der Waals surface area (Å²) in [5, 5.41) is 9.70. The van der Waals surface area contributed by atoms with Gasteiger partial charge in [-0.25, -0.2) is 0 Å². The lowest BCUT2D eigenvalue weighted by atomic mass is 10.1. The summed E-state index contributed by atoms with van der Waals surface area (Å²) in [6, 6.07) is 9.08. The standard InChI is InChI=1S/C13H11F3N2/c14-13(15,16)6-2-7-18-8-5-11-10(9-17)3-1-4-12(11)18/h1,3-5,8H,2,6-7H2. The molecule has 18 heavy (non-hydrogen) atoms. The molecule has 0 saturated heterocycles. The molecule has 1 heterocycles. The molecular formula is C13H11F3N2. The number of nitrogens with zero attached hydrogens (tertiary/aromatic N) is 2. The molecule has 5 heteroatoms. The van der Waals surface area contributed by atoms with E-state index in [1.54, 1.807) is 29.0 Å². The molecule has 0 atom stereocenters. The van der Waals surface area contributed by atoms with Gasteiger partial charge in [0.2, 0.25) is 0 Å². The van der Waals surface area contributed by atoms with Crippen molar-refractivity contribution in [2.24, 2.45) is 0 Å². The average Bonchev–Trinajstić information content (AvgIpc) is 2.71. The van der Waals surface area contributed by atoms with Crippen LogP contribution >= 0.6 is 0 Å². The minimum atomic E-state index is -4.11. The zero-order valence-electron chi connectivity index (χ0n) is 9.54. The monoisotopic (exact) mass is 252 g/mol. The Morgan fingerprint density at radius 2 is 2.00 bits per heavy atom. The molecule has 0 spiro atoms. The summed E-state index contributed by atoms with van der Waals surface area (Å²) in [5.41, 5.74) is 1.35. The highest BCUT2D eigenvalue weighted by atomic mass is 19.4. The summed E-state index contributed by atoms with van der Waals surface area (Å²) in [6.45, 7) is 0.303. The van der Waals surface area contributed by atoms with Crippen molar-refractivity contribution in [2.75, 3.05) is 0 Å². The zero-order chi connectivity index (χ0) is 13.2. The van der Waals surface area contributed by atoms with Crippen molar-refractivity contribution >= 4 is 10.9 Å². The fraction of sp³-hybridized carbons (Fsp3) is 0.308. The molecule has 0 N–H and O–H groups in total. The highest BCUT2D eigenvalue weighted by molar-refractivity contribution is 5.85. The Morgan fingerprint density at radius 3 is 2.67 bits per heavy atom. The SMILES string of the molecule is N#Cc1cccc2c1ccn2CCCC(F)(F)F. The van der Waals surface area contributed by atoms with E-state index in [4.69, 9.17) is 5.26 Å². The van der Waals surface area contributed by atoms with Crippen LogP contribution in [0.5, 0.6) is 0 Å². The molecule has 0 aliphatic rings. The van der Waals surface area contributed by atoms with Crippen molar-refractivity contribution in [1.82, 2.24) is 4.57 Å². The van der Waals surface area contributed by atoms with E-state index in [2.05, 4.69) is 6.07 Å². The van der Waals surface area contributed by atoms with Gasteiger partial charge in [-0.2, -0.15) is 18.4 Å². The number of nitriles is 1. The van der Waals surface area contributed by atoms with Crippen LogP contribution in [0, 0.1) is 11.3 Å². The van der Waals surface area contributed by atoms with Crippen LogP contribution in [0.1, 0.15) is 18.4 Å². The second kappa shape index (κ2) is 4.73. The molecule has 1 aromatic carbocycles. The van der Waals surface area contributed by atoms with Gasteiger partial charge in [-0.15, -0.1) is 0 Å². The van der Waals surface area contributed by atoms with E-state index in [0.29, 0.717) is 12.1 Å². The molecule has 0 fully saturated rings. The van der Waals surface area contributed by atoms with E-state index in [1.165, 1.54) is 0 Å². The molecule has 0 amide bonds. The van der Waals surface area contributed by atoms with Crippen LogP contribution in [0.4, 0.5) is 13.2 Å². The zero-order valence-corrected chi connectivity index (χ0v) is 9.54. The van der Waals surface area contributed by atoms with Gasteiger partial charge < -0.3 is 4.57 Å². The molecule has 94 valence electrons. The lowest BCUT2D eigenvalue weighted by Gasteiger charge is -2.08. The van der Waals surface area contributed by atoms with Crippen molar-refractivity contribution in [1.29, 1.82) is 5.26 Å². The first-order valence-electron chi connectivity index (χ1n) is 5.56. The molecule has 0 aliphatic heterocycles. The van der Waals surface area contributed by atoms with Crippen molar-refractivity contribution < 1.29 is 13.2 Å². The second-order valence-electron chi connectivity index (χ2n) is 4.08. The Bertz CT molecular complexity index is 590. The first-order valence-corrected chi connectivity index (χ1v) is 5.56. The molecule has 2 rings (SSSR count). The summed E-state index contributed by atoms with van der Waals surface area (Å²) >= 11 is 0. The van der Waals surface area contributed by atoms with Crippen molar-refractivity contribution in [3.05, 3.63) is 36.0 Å². The molecule has 0 unspecified atom stereocenters. The Kier molecular flexibility index (Phi) is 3.28. The Labute approximate surface area is 102 Å². The van der Waals surface area contributed by atoms with E-state index in [1.807, 2.05) is 6.07 Å². The van der Waals surface area contributed by atoms with Gasteiger partial charge in [0.1, 0.15) is 0 Å². The minimum Gasteiger partial charge on any atom is -0.347 e. The number of rotatable bonds is 3. The summed E-state index contributed by atoms with van der Waals surface area (Å²) in [6.07, 6.45) is -3.13. The van der Waals surface area contributed by atoms with Gasteiger partial charge in [0.15, 0.2) is 0 Å². The maximum Gasteiger partial charge on any atom is 0.389 e. The van der Waals surface area contributed by atoms with Crippen LogP contribution < -0.4 is 0 Å². The Morgan fingerprint density at radius 1 is 1.22 bits per heavy atom. The van der Waals surface area contributed by atoms with Gasteiger partial charge in [-0.3, -0.25) is 0 Å². The van der Waals surface area contributed by atoms with E-state index in [9.17, 15) is 13.2 Å². The van der Waals surface area contributed by atoms with Gasteiger partial charge in [-0.05, 0) is 24.6 Å². The number of fused-ring (bicyclic) bond motifs is 1. The molecule has 1 aromatic heterocycles. The molecule has 0 bridgehead atoms. The van der Waals surface area contributed by atoms with Crippen LogP contribution in [0.15, 0.2) is 30.5 Å².